The Hall–Kier alpha value is -2.58. The molecule has 0 spiro atoms. The molecule has 2 aromatic rings. The Balaban J connectivity index is 1.48. The first-order chi connectivity index (χ1) is 13.6. The summed E-state index contributed by atoms with van der Waals surface area (Å²) in [4.78, 5) is 23.4. The predicted octanol–water partition coefficient (Wildman–Crippen LogP) is 1.64. The number of aromatic nitrogens is 2. The molecule has 0 bridgehead atoms. The molecule has 28 heavy (non-hydrogen) atoms. The van der Waals surface area contributed by atoms with Gasteiger partial charge < -0.3 is 15.4 Å². The van der Waals surface area contributed by atoms with Crippen molar-refractivity contribution in [1.29, 1.82) is 0 Å². The SMILES string of the molecule is Cc1cc(C(=O)NCCc2ccc(F)cc2)nc(NCCN2CCOCC2)n1. The molecule has 1 aromatic carbocycles. The number of nitrogens with one attached hydrogen (secondary N) is 2. The number of anilines is 1. The van der Waals surface area contributed by atoms with Crippen molar-refractivity contribution in [3.05, 3.63) is 53.1 Å². The molecule has 1 aromatic heterocycles. The summed E-state index contributed by atoms with van der Waals surface area (Å²) in [6, 6.07) is 7.93. The van der Waals surface area contributed by atoms with Crippen LogP contribution in [0.1, 0.15) is 21.7 Å². The molecule has 0 aliphatic carbocycles. The van der Waals surface area contributed by atoms with E-state index in [1.807, 2.05) is 6.92 Å². The van der Waals surface area contributed by atoms with E-state index in [2.05, 4.69) is 25.5 Å². The van der Waals surface area contributed by atoms with Gasteiger partial charge in [-0.2, -0.15) is 0 Å². The van der Waals surface area contributed by atoms with Gasteiger partial charge in [-0.05, 0) is 37.1 Å². The third kappa shape index (κ3) is 6.24. The molecule has 1 saturated heterocycles. The molecule has 2 heterocycles. The summed E-state index contributed by atoms with van der Waals surface area (Å²) in [6.07, 6.45) is 0.626. The van der Waals surface area contributed by atoms with Crippen molar-refractivity contribution < 1.29 is 13.9 Å². The zero-order valence-corrected chi connectivity index (χ0v) is 16.1. The molecule has 0 saturated carbocycles. The van der Waals surface area contributed by atoms with Crippen LogP contribution in [0.5, 0.6) is 0 Å². The lowest BCUT2D eigenvalue weighted by molar-refractivity contribution is 0.0398. The molecule has 1 amide bonds. The van der Waals surface area contributed by atoms with Gasteiger partial charge in [0.05, 0.1) is 13.2 Å². The lowest BCUT2D eigenvalue weighted by Crippen LogP contribution is -2.39. The van der Waals surface area contributed by atoms with Crippen molar-refractivity contribution >= 4 is 11.9 Å². The lowest BCUT2D eigenvalue weighted by Gasteiger charge is -2.26. The van der Waals surface area contributed by atoms with E-state index in [1.165, 1.54) is 12.1 Å². The maximum Gasteiger partial charge on any atom is 0.270 e. The normalized spacial score (nSPS) is 14.6. The second-order valence-corrected chi connectivity index (χ2v) is 6.73. The van der Waals surface area contributed by atoms with Crippen molar-refractivity contribution in [3.63, 3.8) is 0 Å². The molecule has 2 N–H and O–H groups in total. The molecule has 3 rings (SSSR count). The number of benzene rings is 1. The number of hydrogen-bond acceptors (Lipinski definition) is 6. The van der Waals surface area contributed by atoms with Crippen LogP contribution in [-0.4, -0.2) is 66.7 Å². The predicted molar refractivity (Wildman–Crippen MR) is 105 cm³/mol. The summed E-state index contributed by atoms with van der Waals surface area (Å²) in [5.74, 6) is -0.0568. The number of ether oxygens (including phenoxy) is 1. The zero-order valence-electron chi connectivity index (χ0n) is 16.1. The fourth-order valence-corrected chi connectivity index (χ4v) is 2.98. The van der Waals surface area contributed by atoms with Crippen LogP contribution in [0.2, 0.25) is 0 Å². The van der Waals surface area contributed by atoms with E-state index in [1.54, 1.807) is 18.2 Å². The average molecular weight is 387 g/mol. The number of rotatable bonds is 8. The largest absolute Gasteiger partial charge is 0.379 e. The monoisotopic (exact) mass is 387 g/mol. The van der Waals surface area contributed by atoms with E-state index in [0.29, 0.717) is 31.2 Å². The molecule has 1 aliphatic rings. The number of halogens is 1. The number of nitrogens with zero attached hydrogens (tertiary/aromatic N) is 3. The van der Waals surface area contributed by atoms with Gasteiger partial charge in [0.2, 0.25) is 5.95 Å². The topological polar surface area (TPSA) is 79.4 Å². The fraction of sp³-hybridized carbons (Fsp3) is 0.450. The third-order valence-electron chi connectivity index (χ3n) is 4.51. The Morgan fingerprint density at radius 3 is 2.68 bits per heavy atom. The standard InChI is InChI=1S/C20H26FN5O2/c1-15-14-18(19(27)22-7-6-16-2-4-17(21)5-3-16)25-20(24-15)23-8-9-26-10-12-28-13-11-26/h2-5,14H,6-13H2,1H3,(H,22,27)(H,23,24,25). The van der Waals surface area contributed by atoms with Gasteiger partial charge in [0, 0.05) is 38.4 Å². The van der Waals surface area contributed by atoms with Crippen molar-refractivity contribution in [2.75, 3.05) is 51.3 Å². The summed E-state index contributed by atoms with van der Waals surface area (Å²) >= 11 is 0. The second kappa shape index (κ2) is 10.1. The maximum atomic E-state index is 12.9. The molecule has 7 nitrogen and oxygen atoms in total. The Morgan fingerprint density at radius 2 is 1.93 bits per heavy atom. The molecule has 1 aliphatic heterocycles. The Bertz CT molecular complexity index is 779. The van der Waals surface area contributed by atoms with Crippen LogP contribution in [0.15, 0.2) is 30.3 Å². The van der Waals surface area contributed by atoms with Crippen LogP contribution < -0.4 is 10.6 Å². The minimum atomic E-state index is -0.266. The first-order valence-electron chi connectivity index (χ1n) is 9.52. The van der Waals surface area contributed by atoms with E-state index in [4.69, 9.17) is 4.74 Å². The van der Waals surface area contributed by atoms with Gasteiger partial charge in [-0.1, -0.05) is 12.1 Å². The molecule has 0 radical (unpaired) electrons. The minimum Gasteiger partial charge on any atom is -0.379 e. The summed E-state index contributed by atoms with van der Waals surface area (Å²) in [6.45, 7) is 7.26. The summed E-state index contributed by atoms with van der Waals surface area (Å²) < 4.78 is 18.3. The zero-order chi connectivity index (χ0) is 19.8. The van der Waals surface area contributed by atoms with E-state index >= 15 is 0 Å². The molecule has 0 unspecified atom stereocenters. The molecule has 0 atom stereocenters. The lowest BCUT2D eigenvalue weighted by atomic mass is 10.1. The third-order valence-corrected chi connectivity index (χ3v) is 4.51. The number of morpholine rings is 1. The smallest absolute Gasteiger partial charge is 0.270 e. The van der Waals surface area contributed by atoms with Gasteiger partial charge in [0.15, 0.2) is 0 Å². The average Bonchev–Trinajstić information content (AvgIpc) is 2.70. The van der Waals surface area contributed by atoms with Crippen molar-refractivity contribution in [2.24, 2.45) is 0 Å². The maximum absolute atomic E-state index is 12.9. The van der Waals surface area contributed by atoms with E-state index in [-0.39, 0.29) is 11.7 Å². The quantitative estimate of drug-likeness (QED) is 0.717. The second-order valence-electron chi connectivity index (χ2n) is 6.73. The van der Waals surface area contributed by atoms with Gasteiger partial charge in [0.1, 0.15) is 11.5 Å². The molecular formula is C20H26FN5O2. The highest BCUT2D eigenvalue weighted by atomic mass is 19.1. The summed E-state index contributed by atoms with van der Waals surface area (Å²) in [5, 5.41) is 6.05. The van der Waals surface area contributed by atoms with Gasteiger partial charge in [-0.15, -0.1) is 0 Å². The van der Waals surface area contributed by atoms with Crippen molar-refractivity contribution in [3.8, 4) is 0 Å². The van der Waals surface area contributed by atoms with Gasteiger partial charge in [-0.3, -0.25) is 9.69 Å². The van der Waals surface area contributed by atoms with Gasteiger partial charge in [0.25, 0.3) is 5.91 Å². The summed E-state index contributed by atoms with van der Waals surface area (Å²) in [7, 11) is 0. The van der Waals surface area contributed by atoms with Crippen molar-refractivity contribution in [1.82, 2.24) is 20.2 Å². The number of hydrogen-bond donors (Lipinski definition) is 2. The van der Waals surface area contributed by atoms with Gasteiger partial charge >= 0.3 is 0 Å². The van der Waals surface area contributed by atoms with E-state index in [0.717, 1.165) is 44.1 Å². The number of amides is 1. The Kier molecular flexibility index (Phi) is 7.27. The first kappa shape index (κ1) is 20.2. The van der Waals surface area contributed by atoms with Crippen LogP contribution in [0, 0.1) is 12.7 Å². The highest BCUT2D eigenvalue weighted by molar-refractivity contribution is 5.92. The van der Waals surface area contributed by atoms with Crippen LogP contribution >= 0.6 is 0 Å². The number of carbonyl (C=O) groups excluding carboxylic acids is 1. The van der Waals surface area contributed by atoms with Gasteiger partial charge in [-0.25, -0.2) is 14.4 Å². The van der Waals surface area contributed by atoms with Crippen molar-refractivity contribution in [2.45, 2.75) is 13.3 Å². The highest BCUT2D eigenvalue weighted by Gasteiger charge is 2.12. The molecular weight excluding hydrogens is 361 g/mol. The Morgan fingerprint density at radius 1 is 1.18 bits per heavy atom. The molecule has 8 heteroatoms. The molecule has 1 fully saturated rings. The van der Waals surface area contributed by atoms with Crippen LogP contribution in [0.3, 0.4) is 0 Å². The van der Waals surface area contributed by atoms with Crippen LogP contribution in [0.4, 0.5) is 10.3 Å². The van der Waals surface area contributed by atoms with E-state index < -0.39 is 0 Å². The first-order valence-corrected chi connectivity index (χ1v) is 9.52. The summed E-state index contributed by atoms with van der Waals surface area (Å²) in [5.41, 5.74) is 2.03. The Labute approximate surface area is 164 Å². The highest BCUT2D eigenvalue weighted by Crippen LogP contribution is 2.06. The number of aryl methyl sites for hydroxylation is 1. The van der Waals surface area contributed by atoms with E-state index in [9.17, 15) is 9.18 Å². The van der Waals surface area contributed by atoms with Crippen LogP contribution in [0.25, 0.3) is 0 Å². The van der Waals surface area contributed by atoms with Crippen LogP contribution in [-0.2, 0) is 11.2 Å². The number of carbonyl (C=O) groups is 1. The fourth-order valence-electron chi connectivity index (χ4n) is 2.98. The minimum absolute atomic E-state index is 0.246. The molecule has 150 valence electrons.